The molecule has 2 heterocycles. The highest BCUT2D eigenvalue weighted by atomic mass is 35.5. The number of hydrogen-bond donors (Lipinski definition) is 1. The van der Waals surface area contributed by atoms with Crippen molar-refractivity contribution < 1.29 is 0 Å². The van der Waals surface area contributed by atoms with E-state index in [2.05, 4.69) is 15.3 Å². The van der Waals surface area contributed by atoms with Crippen LogP contribution in [0.3, 0.4) is 0 Å². The van der Waals surface area contributed by atoms with Crippen LogP contribution in [0.2, 0.25) is 10.3 Å². The van der Waals surface area contributed by atoms with E-state index in [1.165, 1.54) is 0 Å². The molecule has 0 radical (unpaired) electrons. The number of likely N-dealkylation sites (N-methyl/N-ethyl adjacent to an activating group) is 1. The van der Waals surface area contributed by atoms with Gasteiger partial charge in [-0.1, -0.05) is 23.2 Å². The number of nitrogens with zero attached hydrogens (tertiary/aromatic N) is 4. The molecule has 0 unspecified atom stereocenters. The Balaban J connectivity index is 2.50. The van der Waals surface area contributed by atoms with Crippen LogP contribution in [0, 0.1) is 11.3 Å². The molecule has 1 aromatic heterocycles. The molecule has 1 fully saturated rings. The van der Waals surface area contributed by atoms with Crippen molar-refractivity contribution >= 4 is 29.0 Å². The van der Waals surface area contributed by atoms with Crippen LogP contribution in [0.15, 0.2) is 0 Å². The third-order valence-electron chi connectivity index (χ3n) is 2.98. The van der Waals surface area contributed by atoms with Crippen molar-refractivity contribution in [3.8, 4) is 6.07 Å². The number of hydrogen-bond acceptors (Lipinski definition) is 4. The summed E-state index contributed by atoms with van der Waals surface area (Å²) in [5.41, 5.74) is 0.254. The van der Waals surface area contributed by atoms with Crippen LogP contribution in [0.4, 0.5) is 5.82 Å². The maximum absolute atomic E-state index is 9.10. The van der Waals surface area contributed by atoms with Crippen LogP contribution < -0.4 is 9.80 Å². The molecule has 1 N–H and O–H groups in total. The molecule has 1 aliphatic rings. The second-order valence-corrected chi connectivity index (χ2v) is 4.90. The minimum absolute atomic E-state index is 0.0775. The lowest BCUT2D eigenvalue weighted by Crippen LogP contribution is -2.57. The quantitative estimate of drug-likeness (QED) is 0.781. The maximum Gasteiger partial charge on any atom is 0.266 e. The SMILES string of the molecule is C[N+]1(c2nc(Cl)c(Cl)nc2C#N)CCNCC1. The van der Waals surface area contributed by atoms with Gasteiger partial charge in [0.1, 0.15) is 6.07 Å². The summed E-state index contributed by atoms with van der Waals surface area (Å²) < 4.78 is 0.555. The van der Waals surface area contributed by atoms with Crippen molar-refractivity contribution in [3.05, 3.63) is 16.0 Å². The predicted octanol–water partition coefficient (Wildman–Crippen LogP) is 1.20. The molecular formula is C10H12Cl2N5+. The number of piperazine rings is 1. The number of aromatic nitrogens is 2. The van der Waals surface area contributed by atoms with E-state index >= 15 is 0 Å². The van der Waals surface area contributed by atoms with Gasteiger partial charge in [-0.2, -0.15) is 10.2 Å². The highest BCUT2D eigenvalue weighted by Gasteiger charge is 2.33. The molecule has 5 nitrogen and oxygen atoms in total. The van der Waals surface area contributed by atoms with Crippen LogP contribution in [0.5, 0.6) is 0 Å². The second kappa shape index (κ2) is 4.75. The standard InChI is InChI=1S/C10H12Cl2N5/c1-17(4-2-14-3-5-17)10-7(6-13)15-8(11)9(12)16-10/h14H,2-5H2,1H3/q+1. The topological polar surface area (TPSA) is 61.6 Å². The van der Waals surface area contributed by atoms with E-state index in [0.717, 1.165) is 26.2 Å². The summed E-state index contributed by atoms with van der Waals surface area (Å²) in [6.45, 7) is 3.45. The van der Waals surface area contributed by atoms with E-state index in [0.29, 0.717) is 10.3 Å². The number of quaternary nitrogens is 1. The van der Waals surface area contributed by atoms with Crippen LogP contribution in [0.25, 0.3) is 0 Å². The van der Waals surface area contributed by atoms with E-state index in [4.69, 9.17) is 28.5 Å². The lowest BCUT2D eigenvalue weighted by molar-refractivity contribution is 0.280. The minimum atomic E-state index is 0.0775. The summed E-state index contributed by atoms with van der Waals surface area (Å²) in [6.07, 6.45) is 0. The Morgan fingerprint density at radius 3 is 2.41 bits per heavy atom. The zero-order valence-corrected chi connectivity index (χ0v) is 10.9. The summed E-state index contributed by atoms with van der Waals surface area (Å²) in [7, 11) is 2.02. The highest BCUT2D eigenvalue weighted by Crippen LogP contribution is 2.27. The van der Waals surface area contributed by atoms with Crippen molar-refractivity contribution in [1.29, 1.82) is 5.26 Å². The fraction of sp³-hybridized carbons (Fsp3) is 0.500. The van der Waals surface area contributed by atoms with Crippen LogP contribution in [-0.4, -0.2) is 43.2 Å². The molecule has 0 aromatic carbocycles. The van der Waals surface area contributed by atoms with Crippen molar-refractivity contribution in [2.45, 2.75) is 0 Å². The molecular weight excluding hydrogens is 261 g/mol. The molecule has 2 rings (SSSR count). The first-order chi connectivity index (χ1) is 8.07. The van der Waals surface area contributed by atoms with Gasteiger partial charge in [0, 0.05) is 13.1 Å². The Morgan fingerprint density at radius 2 is 1.82 bits per heavy atom. The average Bonchev–Trinajstić information content (AvgIpc) is 2.33. The average molecular weight is 273 g/mol. The summed E-state index contributed by atoms with van der Waals surface area (Å²) in [5.74, 6) is 0.600. The zero-order valence-electron chi connectivity index (χ0n) is 9.37. The lowest BCUT2D eigenvalue weighted by Gasteiger charge is -2.36. The molecule has 0 saturated carbocycles. The van der Waals surface area contributed by atoms with E-state index in [1.54, 1.807) is 0 Å². The molecule has 90 valence electrons. The second-order valence-electron chi connectivity index (χ2n) is 4.18. The number of halogens is 2. The molecule has 7 heteroatoms. The van der Waals surface area contributed by atoms with Crippen molar-refractivity contribution in [2.75, 3.05) is 33.2 Å². The van der Waals surface area contributed by atoms with Gasteiger partial charge in [-0.3, -0.25) is 4.48 Å². The van der Waals surface area contributed by atoms with E-state index in [1.807, 2.05) is 13.1 Å². The lowest BCUT2D eigenvalue weighted by atomic mass is 10.2. The molecule has 1 aromatic rings. The maximum atomic E-state index is 9.10. The first-order valence-electron chi connectivity index (χ1n) is 5.26. The molecule has 0 spiro atoms. The summed E-state index contributed by atoms with van der Waals surface area (Å²) in [4.78, 5) is 8.22. The molecule has 0 atom stereocenters. The summed E-state index contributed by atoms with van der Waals surface area (Å²) in [6, 6.07) is 2.03. The van der Waals surface area contributed by atoms with Gasteiger partial charge in [0.15, 0.2) is 10.3 Å². The Hall–Kier alpha value is -0.930. The monoisotopic (exact) mass is 272 g/mol. The van der Waals surface area contributed by atoms with Crippen molar-refractivity contribution in [3.63, 3.8) is 0 Å². The van der Waals surface area contributed by atoms with Crippen molar-refractivity contribution in [1.82, 2.24) is 19.8 Å². The summed E-state index contributed by atoms with van der Waals surface area (Å²) >= 11 is 11.7. The third kappa shape index (κ3) is 2.35. The van der Waals surface area contributed by atoms with Crippen LogP contribution in [0.1, 0.15) is 5.69 Å². The highest BCUT2D eigenvalue weighted by molar-refractivity contribution is 6.40. The molecule has 1 saturated heterocycles. The fourth-order valence-corrected chi connectivity index (χ4v) is 2.19. The Bertz CT molecular complexity index is 476. The molecule has 1 aliphatic heterocycles. The largest absolute Gasteiger partial charge is 0.306 e. The van der Waals surface area contributed by atoms with Gasteiger partial charge in [0.25, 0.3) is 5.82 Å². The number of nitrogens with one attached hydrogen (secondary N) is 1. The first-order valence-corrected chi connectivity index (χ1v) is 6.01. The normalized spacial score (nSPS) is 18.7. The van der Waals surface area contributed by atoms with Crippen LogP contribution in [-0.2, 0) is 0 Å². The van der Waals surface area contributed by atoms with Gasteiger partial charge >= 0.3 is 0 Å². The Kier molecular flexibility index (Phi) is 3.50. The van der Waals surface area contributed by atoms with Gasteiger partial charge in [0.2, 0.25) is 5.69 Å². The Morgan fingerprint density at radius 1 is 1.24 bits per heavy atom. The smallest absolute Gasteiger partial charge is 0.266 e. The third-order valence-corrected chi connectivity index (χ3v) is 3.60. The van der Waals surface area contributed by atoms with E-state index in [-0.39, 0.29) is 16.0 Å². The minimum Gasteiger partial charge on any atom is -0.306 e. The Labute approximate surface area is 110 Å². The van der Waals surface area contributed by atoms with Gasteiger partial charge in [-0.25, -0.2) is 4.98 Å². The number of nitriles is 1. The van der Waals surface area contributed by atoms with E-state index in [9.17, 15) is 0 Å². The molecule has 17 heavy (non-hydrogen) atoms. The number of rotatable bonds is 1. The first kappa shape index (κ1) is 12.5. The predicted molar refractivity (Wildman–Crippen MR) is 67.1 cm³/mol. The van der Waals surface area contributed by atoms with Gasteiger partial charge in [-0.15, -0.1) is 0 Å². The summed E-state index contributed by atoms with van der Waals surface area (Å²) in [5, 5.41) is 12.6. The van der Waals surface area contributed by atoms with Gasteiger partial charge in [0.05, 0.1) is 20.1 Å². The van der Waals surface area contributed by atoms with Gasteiger partial charge in [-0.05, 0) is 0 Å². The zero-order chi connectivity index (χ0) is 12.5. The van der Waals surface area contributed by atoms with Gasteiger partial charge < -0.3 is 5.32 Å². The molecule has 0 bridgehead atoms. The van der Waals surface area contributed by atoms with Crippen LogP contribution >= 0.6 is 23.2 Å². The van der Waals surface area contributed by atoms with Crippen molar-refractivity contribution in [2.24, 2.45) is 0 Å². The van der Waals surface area contributed by atoms with E-state index < -0.39 is 0 Å². The molecule has 0 amide bonds. The fourth-order valence-electron chi connectivity index (χ4n) is 1.94. The molecule has 0 aliphatic carbocycles.